The number of ether oxygens (including phenoxy) is 2. The molecule has 2 rings (SSSR count). The lowest BCUT2D eigenvalue weighted by Crippen LogP contribution is -2.09. The van der Waals surface area contributed by atoms with Crippen LogP contribution in [0.1, 0.15) is 18.1 Å². The molecule has 0 saturated carbocycles. The summed E-state index contributed by atoms with van der Waals surface area (Å²) < 4.78 is 72.9. The van der Waals surface area contributed by atoms with E-state index in [2.05, 4.69) is 15.3 Å². The van der Waals surface area contributed by atoms with Crippen molar-refractivity contribution >= 4 is 11.4 Å². The van der Waals surface area contributed by atoms with Gasteiger partial charge in [-0.2, -0.15) is 27.1 Å². The van der Waals surface area contributed by atoms with Gasteiger partial charge in [0.1, 0.15) is 0 Å². The summed E-state index contributed by atoms with van der Waals surface area (Å²) in [5.74, 6) is -0.109. The van der Waals surface area contributed by atoms with Crippen molar-refractivity contribution in [2.45, 2.75) is 19.7 Å². The van der Waals surface area contributed by atoms with E-state index in [4.69, 9.17) is 4.74 Å². The van der Waals surface area contributed by atoms with Crippen LogP contribution >= 0.6 is 0 Å². The summed E-state index contributed by atoms with van der Waals surface area (Å²) in [5.41, 5.74) is 2.10. The van der Waals surface area contributed by atoms with Crippen LogP contribution in [0.2, 0.25) is 0 Å². The Balaban J connectivity index is 2.26. The van der Waals surface area contributed by atoms with Crippen molar-refractivity contribution in [3.63, 3.8) is 0 Å². The first-order chi connectivity index (χ1) is 12.2. The quantitative estimate of drug-likeness (QED) is 0.432. The minimum absolute atomic E-state index is 0.0491. The van der Waals surface area contributed by atoms with E-state index in [9.17, 15) is 22.0 Å². The first kappa shape index (κ1) is 19.5. The zero-order valence-electron chi connectivity index (χ0n) is 13.8. The maximum atomic E-state index is 13.0. The molecule has 1 N–H and O–H groups in total. The van der Waals surface area contributed by atoms with Gasteiger partial charge < -0.3 is 9.47 Å². The number of alkyl halides is 5. The number of methoxy groups -OCH3 is 1. The Bertz CT molecular complexity index is 791. The molecule has 0 heterocycles. The van der Waals surface area contributed by atoms with Gasteiger partial charge in [0.25, 0.3) is 0 Å². The second kappa shape index (κ2) is 8.03. The zero-order valence-corrected chi connectivity index (χ0v) is 13.8. The van der Waals surface area contributed by atoms with Crippen molar-refractivity contribution in [3.05, 3.63) is 53.6 Å². The van der Waals surface area contributed by atoms with Crippen molar-refractivity contribution in [2.75, 3.05) is 12.5 Å². The average Bonchev–Trinajstić information content (AvgIpc) is 2.59. The largest absolute Gasteiger partial charge is 0.493 e. The van der Waals surface area contributed by atoms with E-state index in [1.54, 1.807) is 6.92 Å². The highest BCUT2D eigenvalue weighted by molar-refractivity contribution is 5.99. The molecular formula is C17H15F5N2O2. The summed E-state index contributed by atoms with van der Waals surface area (Å²) >= 11 is 0. The van der Waals surface area contributed by atoms with E-state index >= 15 is 0 Å². The lowest BCUT2D eigenvalue weighted by Gasteiger charge is -2.13. The number of nitrogens with one attached hydrogen (secondary N) is 1. The first-order valence-corrected chi connectivity index (χ1v) is 7.32. The third-order valence-corrected chi connectivity index (χ3v) is 3.37. The van der Waals surface area contributed by atoms with Gasteiger partial charge >= 0.3 is 12.8 Å². The lowest BCUT2D eigenvalue weighted by molar-refractivity contribution is -0.137. The van der Waals surface area contributed by atoms with Crippen LogP contribution in [0.15, 0.2) is 47.6 Å². The molecule has 2 aromatic carbocycles. The summed E-state index contributed by atoms with van der Waals surface area (Å²) in [4.78, 5) is 0. The number of benzene rings is 2. The topological polar surface area (TPSA) is 42.8 Å². The van der Waals surface area contributed by atoms with Gasteiger partial charge in [-0.15, -0.1) is 0 Å². The Kier molecular flexibility index (Phi) is 6.01. The highest BCUT2D eigenvalue weighted by Crippen LogP contribution is 2.34. The van der Waals surface area contributed by atoms with Crippen molar-refractivity contribution in [1.82, 2.24) is 0 Å². The summed E-state index contributed by atoms with van der Waals surface area (Å²) in [7, 11) is 1.28. The lowest BCUT2D eigenvalue weighted by atomic mass is 10.1. The predicted octanol–water partition coefficient (Wildman–Crippen LogP) is 5.15. The van der Waals surface area contributed by atoms with Crippen molar-refractivity contribution in [1.29, 1.82) is 0 Å². The van der Waals surface area contributed by atoms with E-state index in [0.717, 1.165) is 6.07 Å². The van der Waals surface area contributed by atoms with E-state index in [-0.39, 0.29) is 17.2 Å². The molecule has 0 saturated heterocycles. The summed E-state index contributed by atoms with van der Waals surface area (Å²) in [6, 6.07) is 9.01. The molecule has 0 fully saturated rings. The van der Waals surface area contributed by atoms with E-state index in [0.29, 0.717) is 11.3 Å². The fraction of sp³-hybridized carbons (Fsp3) is 0.235. The fourth-order valence-electron chi connectivity index (χ4n) is 2.12. The maximum Gasteiger partial charge on any atom is 0.418 e. The summed E-state index contributed by atoms with van der Waals surface area (Å²) in [6.07, 6.45) is -4.52. The van der Waals surface area contributed by atoms with Crippen LogP contribution in [0.5, 0.6) is 11.5 Å². The molecule has 0 unspecified atom stereocenters. The van der Waals surface area contributed by atoms with Gasteiger partial charge in [-0.3, -0.25) is 5.43 Å². The average molecular weight is 374 g/mol. The molecule has 9 heteroatoms. The second-order valence-electron chi connectivity index (χ2n) is 5.10. The number of hydrazone groups is 1. The third-order valence-electron chi connectivity index (χ3n) is 3.37. The standard InChI is InChI=1S/C17H15F5N2O2/c1-10(11-7-8-14(26-16(18)19)15(9-11)25-2)23-24-13-6-4-3-5-12(13)17(20,21)22/h3-9,16,24H,1-2H3/b23-10-. The summed E-state index contributed by atoms with van der Waals surface area (Å²) in [6.45, 7) is -1.46. The van der Waals surface area contributed by atoms with Gasteiger partial charge in [0, 0.05) is 5.56 Å². The first-order valence-electron chi connectivity index (χ1n) is 7.32. The van der Waals surface area contributed by atoms with Crippen LogP contribution in [0.25, 0.3) is 0 Å². The Morgan fingerprint density at radius 2 is 1.77 bits per heavy atom. The predicted molar refractivity (Wildman–Crippen MR) is 86.9 cm³/mol. The fourth-order valence-corrected chi connectivity index (χ4v) is 2.12. The normalized spacial score (nSPS) is 12.2. The zero-order chi connectivity index (χ0) is 19.3. The van der Waals surface area contributed by atoms with Crippen molar-refractivity contribution in [2.24, 2.45) is 5.10 Å². The van der Waals surface area contributed by atoms with Gasteiger partial charge in [-0.1, -0.05) is 12.1 Å². The number of para-hydroxylation sites is 1. The van der Waals surface area contributed by atoms with Crippen LogP contribution in [-0.4, -0.2) is 19.4 Å². The highest BCUT2D eigenvalue weighted by Gasteiger charge is 2.33. The smallest absolute Gasteiger partial charge is 0.418 e. The van der Waals surface area contributed by atoms with Crippen LogP contribution in [-0.2, 0) is 6.18 Å². The Morgan fingerprint density at radius 1 is 1.08 bits per heavy atom. The molecule has 0 aliphatic rings. The maximum absolute atomic E-state index is 13.0. The highest BCUT2D eigenvalue weighted by atomic mass is 19.4. The summed E-state index contributed by atoms with van der Waals surface area (Å²) in [5, 5.41) is 3.93. The molecule has 0 aromatic heterocycles. The number of hydrogen-bond acceptors (Lipinski definition) is 4. The van der Waals surface area contributed by atoms with E-state index in [1.165, 1.54) is 43.5 Å². The Labute approximate surface area is 146 Å². The van der Waals surface area contributed by atoms with Crippen LogP contribution in [0.3, 0.4) is 0 Å². The van der Waals surface area contributed by atoms with Gasteiger partial charge in [0.15, 0.2) is 11.5 Å². The molecule has 0 amide bonds. The molecule has 0 aliphatic heterocycles. The molecular weight excluding hydrogens is 359 g/mol. The minimum atomic E-state index is -4.52. The number of rotatable bonds is 6. The molecule has 0 radical (unpaired) electrons. The Morgan fingerprint density at radius 3 is 2.38 bits per heavy atom. The molecule has 0 spiro atoms. The number of nitrogens with zero attached hydrogens (tertiary/aromatic N) is 1. The number of anilines is 1. The van der Waals surface area contributed by atoms with Crippen LogP contribution in [0.4, 0.5) is 27.6 Å². The van der Waals surface area contributed by atoms with E-state index in [1.807, 2.05) is 0 Å². The monoisotopic (exact) mass is 374 g/mol. The number of hydrogen-bond donors (Lipinski definition) is 1. The minimum Gasteiger partial charge on any atom is -0.493 e. The molecule has 140 valence electrons. The molecule has 0 atom stereocenters. The van der Waals surface area contributed by atoms with E-state index < -0.39 is 18.4 Å². The van der Waals surface area contributed by atoms with Crippen molar-refractivity contribution in [3.8, 4) is 11.5 Å². The van der Waals surface area contributed by atoms with Gasteiger partial charge in [-0.05, 0) is 37.3 Å². The van der Waals surface area contributed by atoms with Crippen LogP contribution in [0, 0.1) is 0 Å². The molecule has 4 nitrogen and oxygen atoms in total. The number of halogens is 5. The van der Waals surface area contributed by atoms with Gasteiger partial charge in [0.05, 0.1) is 24.1 Å². The molecule has 26 heavy (non-hydrogen) atoms. The molecule has 0 aliphatic carbocycles. The molecule has 2 aromatic rings. The third kappa shape index (κ3) is 4.84. The molecule has 0 bridgehead atoms. The van der Waals surface area contributed by atoms with Crippen molar-refractivity contribution < 1.29 is 31.4 Å². The van der Waals surface area contributed by atoms with Gasteiger partial charge in [-0.25, -0.2) is 0 Å². The van der Waals surface area contributed by atoms with Crippen LogP contribution < -0.4 is 14.9 Å². The SMILES string of the molecule is COc1cc(/C(C)=N\Nc2ccccc2C(F)(F)F)ccc1OC(F)F. The Hall–Kier alpha value is -2.84. The van der Waals surface area contributed by atoms with Gasteiger partial charge in [0.2, 0.25) is 0 Å². The second-order valence-corrected chi connectivity index (χ2v) is 5.10.